The Balaban J connectivity index is 1.21. The quantitative estimate of drug-likeness (QED) is 0.412. The van der Waals surface area contributed by atoms with Crippen LogP contribution >= 0.6 is 22.9 Å². The van der Waals surface area contributed by atoms with Crippen LogP contribution in [0.5, 0.6) is 0 Å². The zero-order chi connectivity index (χ0) is 32.6. The molecule has 1 aromatic carbocycles. The van der Waals surface area contributed by atoms with Crippen LogP contribution in [0.15, 0.2) is 52.1 Å². The lowest BCUT2D eigenvalue weighted by atomic mass is 10.1. The number of fused-ring (bicyclic) bond motifs is 3. The summed E-state index contributed by atoms with van der Waals surface area (Å²) in [7, 11) is -4.15. The van der Waals surface area contributed by atoms with Gasteiger partial charge in [0.05, 0.1) is 19.1 Å². The Hall–Kier alpha value is -3.46. The van der Waals surface area contributed by atoms with Crippen molar-refractivity contribution in [1.82, 2.24) is 19.8 Å². The molecule has 4 heterocycles. The van der Waals surface area contributed by atoms with Gasteiger partial charge in [0.1, 0.15) is 21.9 Å². The van der Waals surface area contributed by atoms with E-state index < -0.39 is 63.5 Å². The number of thiophene rings is 1. The zero-order valence-corrected chi connectivity index (χ0v) is 27.4. The molecule has 0 unspecified atom stereocenters. The van der Waals surface area contributed by atoms with Crippen LogP contribution in [-0.2, 0) is 42.2 Å². The molecule has 5 atom stereocenters. The second-order valence-corrected chi connectivity index (χ2v) is 15.6. The van der Waals surface area contributed by atoms with Crippen molar-refractivity contribution in [2.75, 3.05) is 6.54 Å². The maximum Gasteiger partial charge on any atom is 0.410 e. The van der Waals surface area contributed by atoms with Crippen LogP contribution in [0.4, 0.5) is 4.79 Å². The first kappa shape index (κ1) is 32.5. The maximum atomic E-state index is 13.9. The van der Waals surface area contributed by atoms with Crippen molar-refractivity contribution in [3.63, 3.8) is 0 Å². The van der Waals surface area contributed by atoms with Crippen LogP contribution < -0.4 is 15.8 Å². The van der Waals surface area contributed by atoms with E-state index in [4.69, 9.17) is 22.1 Å². The minimum absolute atomic E-state index is 0.0106. The van der Waals surface area contributed by atoms with Crippen LogP contribution in [0, 0.1) is 5.92 Å². The van der Waals surface area contributed by atoms with E-state index in [2.05, 4.69) is 10.0 Å². The number of hydrogen-bond donors (Lipinski definition) is 3. The smallest absolute Gasteiger partial charge is 0.410 e. The number of hydrogen-bond acceptors (Lipinski definition) is 9. The second kappa shape index (κ2) is 13.0. The molecule has 246 valence electrons. The minimum Gasteiger partial charge on any atom is -0.444 e. The van der Waals surface area contributed by atoms with E-state index >= 15 is 0 Å². The SMILES string of the molecule is N[C@H]1CCCCCC=C[C@@H]2C[C@@]2(C(=O)NS(=O)(=O)c2cccs2)NC(=O)[C@@H]2C[C@@H](OC(=O)N3Cc4cccc(Cl)c4C3)CN2C1=O. The first-order valence-corrected chi connectivity index (χ1v) is 18.1. The van der Waals surface area contributed by atoms with Gasteiger partial charge in [0.2, 0.25) is 11.8 Å². The number of amides is 4. The molecule has 1 aliphatic carbocycles. The highest BCUT2D eigenvalue weighted by molar-refractivity contribution is 7.92. The van der Waals surface area contributed by atoms with E-state index in [-0.39, 0.29) is 30.1 Å². The highest BCUT2D eigenvalue weighted by atomic mass is 35.5. The van der Waals surface area contributed by atoms with Crippen LogP contribution in [0.2, 0.25) is 5.02 Å². The lowest BCUT2D eigenvalue weighted by Gasteiger charge is -2.28. The maximum absolute atomic E-state index is 13.9. The fraction of sp³-hybridized carbons (Fsp3) is 0.484. The Labute approximate surface area is 276 Å². The number of allylic oxidation sites excluding steroid dienone is 1. The lowest BCUT2D eigenvalue weighted by Crippen LogP contribution is -2.57. The summed E-state index contributed by atoms with van der Waals surface area (Å²) in [6, 6.07) is 6.47. The number of nitrogens with zero attached hydrogens (tertiary/aromatic N) is 2. The number of ether oxygens (including phenoxy) is 1. The van der Waals surface area contributed by atoms with Gasteiger partial charge in [-0.25, -0.2) is 17.9 Å². The fourth-order valence-electron chi connectivity index (χ4n) is 6.47. The van der Waals surface area contributed by atoms with Crippen LogP contribution in [0.25, 0.3) is 0 Å². The van der Waals surface area contributed by atoms with Gasteiger partial charge in [0.25, 0.3) is 15.9 Å². The van der Waals surface area contributed by atoms with Gasteiger partial charge < -0.3 is 20.7 Å². The monoisotopic (exact) mass is 689 g/mol. The van der Waals surface area contributed by atoms with Gasteiger partial charge >= 0.3 is 6.09 Å². The summed E-state index contributed by atoms with van der Waals surface area (Å²) in [5.74, 6) is -2.38. The first-order valence-electron chi connectivity index (χ1n) is 15.4. The van der Waals surface area contributed by atoms with Crippen molar-refractivity contribution in [2.24, 2.45) is 11.7 Å². The molecule has 2 aromatic rings. The molecule has 15 heteroatoms. The van der Waals surface area contributed by atoms with Crippen LogP contribution in [0.3, 0.4) is 0 Å². The molecule has 0 radical (unpaired) electrons. The topological polar surface area (TPSA) is 168 Å². The predicted octanol–water partition coefficient (Wildman–Crippen LogP) is 3.05. The number of sulfonamides is 1. The summed E-state index contributed by atoms with van der Waals surface area (Å²) >= 11 is 7.28. The van der Waals surface area contributed by atoms with E-state index in [0.29, 0.717) is 18.0 Å². The summed E-state index contributed by atoms with van der Waals surface area (Å²) in [6.07, 6.45) is 6.11. The third kappa shape index (κ3) is 6.53. The van der Waals surface area contributed by atoms with Gasteiger partial charge in [-0.15, -0.1) is 11.3 Å². The average molecular weight is 690 g/mol. The van der Waals surface area contributed by atoms with E-state index in [0.717, 1.165) is 48.1 Å². The molecule has 46 heavy (non-hydrogen) atoms. The minimum atomic E-state index is -4.15. The number of nitrogens with one attached hydrogen (secondary N) is 2. The molecule has 1 aromatic heterocycles. The molecule has 4 amide bonds. The molecular formula is C31H36ClN5O7S2. The van der Waals surface area contributed by atoms with Crippen molar-refractivity contribution in [3.8, 4) is 0 Å². The Morgan fingerprint density at radius 3 is 2.72 bits per heavy atom. The first-order chi connectivity index (χ1) is 22.0. The standard InChI is InChI=1S/C31H36ClN5O7S2/c32-23-10-6-8-19-16-36(18-22(19)23)30(41)44-21-14-25-27(38)34-31(29(40)35-46(42,43)26-12-7-13-45-26)15-20(31)9-4-2-1-3-5-11-24(33)28(39)37(25)17-21/h4,6-10,12-13,20-21,24-25H,1-3,5,11,14-18,33H2,(H,34,38)(H,35,40)/t20-,21-,24+,25+,31-/m1/s1. The normalized spacial score (nSPS) is 28.3. The fourth-order valence-corrected chi connectivity index (χ4v) is 8.75. The van der Waals surface area contributed by atoms with Gasteiger partial charge in [0, 0.05) is 23.9 Å². The van der Waals surface area contributed by atoms with Crippen molar-refractivity contribution in [2.45, 2.75) is 86.0 Å². The second-order valence-electron chi connectivity index (χ2n) is 12.3. The van der Waals surface area contributed by atoms with Crippen molar-refractivity contribution in [3.05, 3.63) is 64.0 Å². The van der Waals surface area contributed by atoms with Gasteiger partial charge in [0.15, 0.2) is 0 Å². The molecule has 12 nitrogen and oxygen atoms in total. The molecule has 3 aliphatic heterocycles. The van der Waals surface area contributed by atoms with E-state index in [1.807, 2.05) is 24.3 Å². The number of carbonyl (C=O) groups is 4. The Morgan fingerprint density at radius 2 is 1.96 bits per heavy atom. The number of nitrogens with two attached hydrogens (primary N) is 1. The van der Waals surface area contributed by atoms with E-state index in [1.54, 1.807) is 17.5 Å². The predicted molar refractivity (Wildman–Crippen MR) is 170 cm³/mol. The molecule has 2 fully saturated rings. The Kier molecular flexibility index (Phi) is 9.16. The summed E-state index contributed by atoms with van der Waals surface area (Å²) in [5.41, 5.74) is 6.54. The molecule has 0 spiro atoms. The zero-order valence-electron chi connectivity index (χ0n) is 25.0. The highest BCUT2D eigenvalue weighted by Gasteiger charge is 2.61. The van der Waals surface area contributed by atoms with Crippen LogP contribution in [0.1, 0.15) is 56.1 Å². The Morgan fingerprint density at radius 1 is 1.13 bits per heavy atom. The molecule has 1 saturated carbocycles. The molecule has 4 N–H and O–H groups in total. The van der Waals surface area contributed by atoms with E-state index in [9.17, 15) is 27.6 Å². The molecule has 4 aliphatic rings. The van der Waals surface area contributed by atoms with Gasteiger partial charge in [-0.1, -0.05) is 54.8 Å². The number of carbonyl (C=O) groups excluding carboxylic acids is 4. The third-order valence-corrected chi connectivity index (χ3v) is 12.2. The highest BCUT2D eigenvalue weighted by Crippen LogP contribution is 2.46. The van der Waals surface area contributed by atoms with Crippen molar-refractivity contribution < 1.29 is 32.3 Å². The summed E-state index contributed by atoms with van der Waals surface area (Å²) in [6.45, 7) is 0.548. The molecule has 1 saturated heterocycles. The van der Waals surface area contributed by atoms with Gasteiger partial charge in [-0.05, 0) is 54.3 Å². The van der Waals surface area contributed by atoms with Gasteiger partial charge in [-0.2, -0.15) is 0 Å². The van der Waals surface area contributed by atoms with Crippen molar-refractivity contribution >= 4 is 56.8 Å². The summed E-state index contributed by atoms with van der Waals surface area (Å²) < 4.78 is 33.8. The Bertz CT molecular complexity index is 1670. The molecule has 6 rings (SSSR count). The van der Waals surface area contributed by atoms with Crippen molar-refractivity contribution in [1.29, 1.82) is 0 Å². The molecule has 0 bridgehead atoms. The average Bonchev–Trinajstić information content (AvgIpc) is 3.48. The number of benzene rings is 1. The van der Waals surface area contributed by atoms with Gasteiger partial charge in [-0.3, -0.25) is 19.3 Å². The number of rotatable bonds is 4. The lowest BCUT2D eigenvalue weighted by molar-refractivity contribution is -0.140. The summed E-state index contributed by atoms with van der Waals surface area (Å²) in [5, 5.41) is 4.94. The number of halogens is 1. The molecular weight excluding hydrogens is 654 g/mol. The van der Waals surface area contributed by atoms with Crippen LogP contribution in [-0.4, -0.2) is 72.3 Å². The third-order valence-electron chi connectivity index (χ3n) is 9.12. The van der Waals surface area contributed by atoms with E-state index in [1.165, 1.54) is 15.9 Å². The summed E-state index contributed by atoms with van der Waals surface area (Å²) in [4.78, 5) is 57.1. The largest absolute Gasteiger partial charge is 0.444 e.